The van der Waals surface area contributed by atoms with Gasteiger partial charge in [-0.05, 0) is 24.8 Å². The Morgan fingerprint density at radius 1 is 1.50 bits per heavy atom. The average Bonchev–Trinajstić information content (AvgIpc) is 2.99. The minimum atomic E-state index is -0.840. The van der Waals surface area contributed by atoms with Crippen LogP contribution in [0.2, 0.25) is 0 Å². The van der Waals surface area contributed by atoms with Crippen molar-refractivity contribution in [2.45, 2.75) is 58.4 Å². The summed E-state index contributed by atoms with van der Waals surface area (Å²) in [6, 6.07) is 0. The lowest BCUT2D eigenvalue weighted by Gasteiger charge is -2.15. The predicted octanol–water partition coefficient (Wildman–Crippen LogP) is 3.11. The van der Waals surface area contributed by atoms with E-state index >= 15 is 0 Å². The van der Waals surface area contributed by atoms with Crippen LogP contribution in [0.25, 0.3) is 10.2 Å². The Kier molecular flexibility index (Phi) is 3.80. The minimum Gasteiger partial charge on any atom is -0.481 e. The van der Waals surface area contributed by atoms with Crippen molar-refractivity contribution in [2.75, 3.05) is 0 Å². The first-order valence-corrected chi connectivity index (χ1v) is 8.56. The number of rotatable bonds is 4. The molecule has 1 aliphatic rings. The van der Waals surface area contributed by atoms with E-state index in [1.807, 2.05) is 20.8 Å². The maximum atomic E-state index is 13.0. The van der Waals surface area contributed by atoms with Gasteiger partial charge in [0.1, 0.15) is 10.7 Å². The van der Waals surface area contributed by atoms with E-state index in [2.05, 4.69) is 0 Å². The molecule has 0 aliphatic heterocycles. The molecule has 0 fully saturated rings. The quantitative estimate of drug-likeness (QED) is 0.939. The molecule has 1 aliphatic carbocycles. The zero-order chi connectivity index (χ0) is 16.0. The van der Waals surface area contributed by atoms with Crippen molar-refractivity contribution in [3.63, 3.8) is 0 Å². The van der Waals surface area contributed by atoms with Crippen LogP contribution >= 0.6 is 11.3 Å². The molecule has 2 aromatic rings. The van der Waals surface area contributed by atoms with Gasteiger partial charge < -0.3 is 5.11 Å². The van der Waals surface area contributed by atoms with Crippen LogP contribution in [0.1, 0.15) is 61.7 Å². The molecule has 118 valence electrons. The average molecular weight is 320 g/mol. The van der Waals surface area contributed by atoms with Crippen molar-refractivity contribution in [3.8, 4) is 0 Å². The summed E-state index contributed by atoms with van der Waals surface area (Å²) >= 11 is 1.49. The van der Waals surface area contributed by atoms with Crippen LogP contribution in [0.5, 0.6) is 0 Å². The first kappa shape index (κ1) is 15.2. The highest BCUT2D eigenvalue weighted by Crippen LogP contribution is 2.42. The maximum absolute atomic E-state index is 13.0. The largest absolute Gasteiger partial charge is 0.481 e. The van der Waals surface area contributed by atoms with Crippen molar-refractivity contribution in [1.29, 1.82) is 0 Å². The Morgan fingerprint density at radius 2 is 2.23 bits per heavy atom. The monoisotopic (exact) mass is 320 g/mol. The minimum absolute atomic E-state index is 0.0683. The normalized spacial score (nSPS) is 17.4. The lowest BCUT2D eigenvalue weighted by molar-refractivity contribution is -0.138. The van der Waals surface area contributed by atoms with E-state index < -0.39 is 11.9 Å². The number of carbonyl (C=O) groups is 1. The molecule has 0 saturated heterocycles. The highest BCUT2D eigenvalue weighted by molar-refractivity contribution is 7.18. The standard InChI is InChI=1S/C16H20N2O3S/c1-4-7-18-13(8(2)3)17-14-12(15(18)19)11-9(16(20)21)5-6-10(11)22-14/h8-9H,4-7H2,1-3H3,(H,20,21). The number of aryl methyl sites for hydroxylation is 1. The van der Waals surface area contributed by atoms with Crippen molar-refractivity contribution in [3.05, 3.63) is 26.6 Å². The zero-order valence-electron chi connectivity index (χ0n) is 13.0. The van der Waals surface area contributed by atoms with Gasteiger partial charge in [0, 0.05) is 17.3 Å². The summed E-state index contributed by atoms with van der Waals surface area (Å²) in [6.07, 6.45) is 2.17. The van der Waals surface area contributed by atoms with Gasteiger partial charge in [-0.1, -0.05) is 20.8 Å². The molecule has 1 atom stereocenters. The fraction of sp³-hybridized carbons (Fsp3) is 0.562. The van der Waals surface area contributed by atoms with Crippen LogP contribution in [0.15, 0.2) is 4.79 Å². The van der Waals surface area contributed by atoms with E-state index in [1.165, 1.54) is 11.3 Å². The molecule has 6 heteroatoms. The Bertz CT molecular complexity index is 804. The summed E-state index contributed by atoms with van der Waals surface area (Å²) in [5.74, 6) is -0.437. The first-order chi connectivity index (χ1) is 10.5. The summed E-state index contributed by atoms with van der Waals surface area (Å²) in [4.78, 5) is 30.9. The van der Waals surface area contributed by atoms with Crippen LogP contribution < -0.4 is 5.56 Å². The molecule has 1 N–H and O–H groups in total. The van der Waals surface area contributed by atoms with E-state index in [9.17, 15) is 14.7 Å². The molecule has 0 radical (unpaired) electrons. The van der Waals surface area contributed by atoms with Crippen molar-refractivity contribution < 1.29 is 9.90 Å². The van der Waals surface area contributed by atoms with Gasteiger partial charge in [-0.15, -0.1) is 11.3 Å². The SMILES string of the molecule is CCCn1c(C(C)C)nc2sc3c(c2c1=O)C(C(=O)O)CC3. The van der Waals surface area contributed by atoms with Crippen molar-refractivity contribution in [1.82, 2.24) is 9.55 Å². The van der Waals surface area contributed by atoms with Gasteiger partial charge in [0.15, 0.2) is 0 Å². The predicted molar refractivity (Wildman–Crippen MR) is 87.0 cm³/mol. The molecular weight excluding hydrogens is 300 g/mol. The first-order valence-electron chi connectivity index (χ1n) is 7.74. The molecule has 3 rings (SSSR count). The van der Waals surface area contributed by atoms with E-state index in [1.54, 1.807) is 4.57 Å². The number of aromatic nitrogens is 2. The van der Waals surface area contributed by atoms with Crippen LogP contribution in [0, 0.1) is 0 Å². The van der Waals surface area contributed by atoms with Crippen LogP contribution in [-0.2, 0) is 17.8 Å². The lowest BCUT2D eigenvalue weighted by atomic mass is 10.0. The Hall–Kier alpha value is -1.69. The van der Waals surface area contributed by atoms with Gasteiger partial charge in [-0.25, -0.2) is 4.98 Å². The molecule has 0 spiro atoms. The summed E-state index contributed by atoms with van der Waals surface area (Å²) in [5.41, 5.74) is 0.659. The third kappa shape index (κ3) is 2.17. The molecule has 0 amide bonds. The highest BCUT2D eigenvalue weighted by atomic mass is 32.1. The third-order valence-electron chi connectivity index (χ3n) is 4.23. The number of carboxylic acid groups (broad SMARTS) is 1. The molecule has 0 saturated carbocycles. The Labute approximate surface area is 132 Å². The second kappa shape index (κ2) is 5.50. The third-order valence-corrected chi connectivity index (χ3v) is 5.38. The number of thiophene rings is 1. The Balaban J connectivity index is 2.34. The van der Waals surface area contributed by atoms with Crippen molar-refractivity contribution >= 4 is 27.5 Å². The Morgan fingerprint density at radius 3 is 2.82 bits per heavy atom. The van der Waals surface area contributed by atoms with E-state index in [4.69, 9.17) is 4.98 Å². The van der Waals surface area contributed by atoms with Gasteiger partial charge in [0.2, 0.25) is 0 Å². The van der Waals surface area contributed by atoms with Crippen LogP contribution in [0.3, 0.4) is 0 Å². The lowest BCUT2D eigenvalue weighted by Crippen LogP contribution is -2.26. The second-order valence-electron chi connectivity index (χ2n) is 6.13. The van der Waals surface area contributed by atoms with Gasteiger partial charge in [-0.3, -0.25) is 14.2 Å². The maximum Gasteiger partial charge on any atom is 0.311 e. The fourth-order valence-electron chi connectivity index (χ4n) is 3.27. The summed E-state index contributed by atoms with van der Waals surface area (Å²) in [5, 5.41) is 9.96. The van der Waals surface area contributed by atoms with Gasteiger partial charge in [0.05, 0.1) is 11.3 Å². The number of nitrogens with zero attached hydrogens (tertiary/aromatic N) is 2. The van der Waals surface area contributed by atoms with E-state index in [0.29, 0.717) is 23.2 Å². The van der Waals surface area contributed by atoms with E-state index in [-0.39, 0.29) is 11.5 Å². The highest BCUT2D eigenvalue weighted by Gasteiger charge is 2.34. The number of hydrogen-bond donors (Lipinski definition) is 1. The summed E-state index contributed by atoms with van der Waals surface area (Å²) in [6.45, 7) is 6.71. The van der Waals surface area contributed by atoms with E-state index in [0.717, 1.165) is 29.1 Å². The fourth-order valence-corrected chi connectivity index (χ4v) is 4.51. The number of aliphatic carboxylic acids is 1. The molecule has 22 heavy (non-hydrogen) atoms. The number of hydrogen-bond acceptors (Lipinski definition) is 4. The molecule has 0 aromatic carbocycles. The zero-order valence-corrected chi connectivity index (χ0v) is 13.9. The van der Waals surface area contributed by atoms with Crippen LogP contribution in [-0.4, -0.2) is 20.6 Å². The summed E-state index contributed by atoms with van der Waals surface area (Å²) in [7, 11) is 0. The van der Waals surface area contributed by atoms with Crippen molar-refractivity contribution in [2.24, 2.45) is 0 Å². The topological polar surface area (TPSA) is 72.2 Å². The molecule has 2 heterocycles. The molecule has 2 aromatic heterocycles. The number of carboxylic acids is 1. The molecule has 5 nitrogen and oxygen atoms in total. The second-order valence-corrected chi connectivity index (χ2v) is 7.21. The molecular formula is C16H20N2O3S. The van der Waals surface area contributed by atoms with Crippen LogP contribution in [0.4, 0.5) is 0 Å². The molecule has 0 bridgehead atoms. The van der Waals surface area contributed by atoms with Gasteiger partial charge >= 0.3 is 5.97 Å². The smallest absolute Gasteiger partial charge is 0.311 e. The van der Waals surface area contributed by atoms with Gasteiger partial charge in [-0.2, -0.15) is 0 Å². The van der Waals surface area contributed by atoms with Gasteiger partial charge in [0.25, 0.3) is 5.56 Å². The number of fused-ring (bicyclic) bond motifs is 3. The summed E-state index contributed by atoms with van der Waals surface area (Å²) < 4.78 is 1.73. The molecule has 1 unspecified atom stereocenters.